The number of benzene rings is 1. The molecule has 0 saturated carbocycles. The van der Waals surface area contributed by atoms with E-state index in [9.17, 15) is 14.7 Å². The molecule has 0 bridgehead atoms. The minimum Gasteiger partial charge on any atom is -0.469 e. The number of nitrogens with one attached hydrogen (secondary N) is 1. The molecular formula is C14H19ClN2O4. The number of hydrogen-bond acceptors (Lipinski definition) is 4. The topological polar surface area (TPSA) is 78.9 Å². The van der Waals surface area contributed by atoms with Gasteiger partial charge in [0.2, 0.25) is 0 Å². The summed E-state index contributed by atoms with van der Waals surface area (Å²) in [7, 11) is 1.29. The molecule has 0 heterocycles. The Bertz CT molecular complexity index is 494. The number of methoxy groups -OCH3 is 1. The molecule has 0 saturated heterocycles. The fourth-order valence-electron chi connectivity index (χ4n) is 1.69. The number of anilines is 1. The maximum absolute atomic E-state index is 12.2. The number of amides is 2. The summed E-state index contributed by atoms with van der Waals surface area (Å²) in [6.45, 7) is 1.84. The van der Waals surface area contributed by atoms with Crippen molar-refractivity contribution in [1.29, 1.82) is 0 Å². The van der Waals surface area contributed by atoms with Crippen LogP contribution in [0.2, 0.25) is 5.02 Å². The highest BCUT2D eigenvalue weighted by Gasteiger charge is 2.17. The Hall–Kier alpha value is -1.79. The van der Waals surface area contributed by atoms with E-state index in [1.807, 2.05) is 0 Å². The normalized spacial score (nSPS) is 11.6. The fourth-order valence-corrected chi connectivity index (χ4v) is 1.88. The largest absolute Gasteiger partial charge is 0.469 e. The van der Waals surface area contributed by atoms with Gasteiger partial charge in [-0.15, -0.1) is 0 Å². The summed E-state index contributed by atoms with van der Waals surface area (Å²) in [4.78, 5) is 24.7. The average Bonchev–Trinajstić information content (AvgIpc) is 2.42. The Morgan fingerprint density at radius 1 is 1.48 bits per heavy atom. The first-order valence-electron chi connectivity index (χ1n) is 6.48. The number of ether oxygens (including phenoxy) is 1. The van der Waals surface area contributed by atoms with Crippen molar-refractivity contribution in [2.24, 2.45) is 0 Å². The van der Waals surface area contributed by atoms with Gasteiger partial charge in [-0.25, -0.2) is 4.79 Å². The summed E-state index contributed by atoms with van der Waals surface area (Å²) in [5, 5.41) is 12.6. The van der Waals surface area contributed by atoms with Crippen molar-refractivity contribution in [2.45, 2.75) is 19.4 Å². The Morgan fingerprint density at radius 2 is 2.19 bits per heavy atom. The number of carbonyl (C=O) groups is 2. The molecule has 1 aromatic carbocycles. The predicted octanol–water partition coefficient (Wildman–Crippen LogP) is 2.12. The molecule has 0 aliphatic heterocycles. The Balaban J connectivity index is 2.68. The second-order valence-corrected chi connectivity index (χ2v) is 5.00. The van der Waals surface area contributed by atoms with Gasteiger partial charge in [-0.3, -0.25) is 4.79 Å². The minimum atomic E-state index is -0.701. The van der Waals surface area contributed by atoms with Crippen molar-refractivity contribution in [3.8, 4) is 0 Å². The number of halogens is 1. The van der Waals surface area contributed by atoms with E-state index >= 15 is 0 Å². The molecule has 1 rings (SSSR count). The third-order valence-corrected chi connectivity index (χ3v) is 2.90. The molecule has 21 heavy (non-hydrogen) atoms. The molecule has 2 N–H and O–H groups in total. The van der Waals surface area contributed by atoms with Crippen LogP contribution in [-0.4, -0.2) is 48.3 Å². The van der Waals surface area contributed by atoms with Gasteiger partial charge in [0, 0.05) is 23.8 Å². The first kappa shape index (κ1) is 17.3. The molecule has 116 valence electrons. The van der Waals surface area contributed by atoms with Gasteiger partial charge in [-0.2, -0.15) is 0 Å². The van der Waals surface area contributed by atoms with E-state index in [4.69, 9.17) is 11.6 Å². The maximum Gasteiger partial charge on any atom is 0.321 e. The molecule has 7 heteroatoms. The lowest BCUT2D eigenvalue weighted by Gasteiger charge is -2.24. The van der Waals surface area contributed by atoms with E-state index in [-0.39, 0.29) is 19.5 Å². The molecule has 0 aliphatic rings. The average molecular weight is 315 g/mol. The predicted molar refractivity (Wildman–Crippen MR) is 80.4 cm³/mol. The van der Waals surface area contributed by atoms with Crippen molar-refractivity contribution in [2.75, 3.05) is 25.5 Å². The molecule has 0 spiro atoms. The number of aliphatic hydroxyl groups is 1. The van der Waals surface area contributed by atoms with Crippen LogP contribution in [-0.2, 0) is 9.53 Å². The highest BCUT2D eigenvalue weighted by atomic mass is 35.5. The van der Waals surface area contributed by atoms with Gasteiger partial charge in [-0.05, 0) is 25.1 Å². The second-order valence-electron chi connectivity index (χ2n) is 4.56. The molecule has 1 atom stereocenters. The Labute approximate surface area is 128 Å². The minimum absolute atomic E-state index is 0.0617. The third kappa shape index (κ3) is 6.46. The molecule has 0 aromatic heterocycles. The lowest BCUT2D eigenvalue weighted by atomic mass is 10.3. The summed E-state index contributed by atoms with van der Waals surface area (Å²) in [6, 6.07) is 6.31. The molecule has 1 unspecified atom stereocenters. The van der Waals surface area contributed by atoms with Gasteiger partial charge in [0.05, 0.1) is 19.6 Å². The van der Waals surface area contributed by atoms with Crippen LogP contribution in [0.3, 0.4) is 0 Å². The summed E-state index contributed by atoms with van der Waals surface area (Å²) in [5.74, 6) is -0.416. The van der Waals surface area contributed by atoms with Crippen LogP contribution < -0.4 is 5.32 Å². The number of nitrogens with zero attached hydrogens (tertiary/aromatic N) is 1. The maximum atomic E-state index is 12.2. The van der Waals surface area contributed by atoms with Crippen LogP contribution >= 0.6 is 11.6 Å². The van der Waals surface area contributed by atoms with E-state index in [1.54, 1.807) is 31.2 Å². The second kappa shape index (κ2) is 8.49. The summed E-state index contributed by atoms with van der Waals surface area (Å²) < 4.78 is 4.54. The number of carbonyl (C=O) groups excluding carboxylic acids is 2. The first-order chi connectivity index (χ1) is 9.92. The zero-order chi connectivity index (χ0) is 15.8. The molecular weight excluding hydrogens is 296 g/mol. The van der Waals surface area contributed by atoms with E-state index in [2.05, 4.69) is 10.1 Å². The van der Waals surface area contributed by atoms with Crippen LogP contribution in [0.1, 0.15) is 13.3 Å². The van der Waals surface area contributed by atoms with Gasteiger partial charge >= 0.3 is 12.0 Å². The van der Waals surface area contributed by atoms with Crippen molar-refractivity contribution < 1.29 is 19.4 Å². The molecule has 0 aliphatic carbocycles. The van der Waals surface area contributed by atoms with Crippen molar-refractivity contribution >= 4 is 29.3 Å². The van der Waals surface area contributed by atoms with E-state index in [0.717, 1.165) is 0 Å². The van der Waals surface area contributed by atoms with Gasteiger partial charge in [0.1, 0.15) is 0 Å². The smallest absolute Gasteiger partial charge is 0.321 e. The molecule has 1 aromatic rings. The van der Waals surface area contributed by atoms with Crippen LogP contribution in [0.4, 0.5) is 10.5 Å². The van der Waals surface area contributed by atoms with E-state index < -0.39 is 18.1 Å². The number of aliphatic hydroxyl groups excluding tert-OH is 1. The van der Waals surface area contributed by atoms with Gasteiger partial charge in [-0.1, -0.05) is 17.7 Å². The van der Waals surface area contributed by atoms with Crippen molar-refractivity contribution in [3.05, 3.63) is 29.3 Å². The monoisotopic (exact) mass is 314 g/mol. The summed E-state index contributed by atoms with van der Waals surface area (Å²) in [6.07, 6.45) is -0.639. The SMILES string of the molecule is COC(=O)CCN(CC(C)O)C(=O)Nc1cccc(Cl)c1. The number of rotatable bonds is 6. The van der Waals surface area contributed by atoms with Gasteiger partial charge < -0.3 is 20.1 Å². The Kier molecular flexibility index (Phi) is 6.98. The standard InChI is InChI=1S/C14H19ClN2O4/c1-10(18)9-17(7-6-13(19)21-2)14(20)16-12-5-3-4-11(15)8-12/h3-5,8,10,18H,6-7,9H2,1-2H3,(H,16,20). The highest BCUT2D eigenvalue weighted by molar-refractivity contribution is 6.30. The van der Waals surface area contributed by atoms with Crippen LogP contribution in [0.25, 0.3) is 0 Å². The number of hydrogen-bond donors (Lipinski definition) is 2. The number of esters is 1. The lowest BCUT2D eigenvalue weighted by molar-refractivity contribution is -0.140. The zero-order valence-corrected chi connectivity index (χ0v) is 12.8. The first-order valence-corrected chi connectivity index (χ1v) is 6.86. The molecule has 0 fully saturated rings. The zero-order valence-electron chi connectivity index (χ0n) is 12.0. The van der Waals surface area contributed by atoms with Crippen LogP contribution in [0, 0.1) is 0 Å². The summed E-state index contributed by atoms with van der Waals surface area (Å²) in [5.41, 5.74) is 0.543. The molecule has 6 nitrogen and oxygen atoms in total. The van der Waals surface area contributed by atoms with Crippen LogP contribution in [0.5, 0.6) is 0 Å². The fraction of sp³-hybridized carbons (Fsp3) is 0.429. The van der Waals surface area contributed by atoms with Gasteiger partial charge in [0.15, 0.2) is 0 Å². The number of urea groups is 1. The van der Waals surface area contributed by atoms with Crippen molar-refractivity contribution in [1.82, 2.24) is 4.90 Å². The van der Waals surface area contributed by atoms with Gasteiger partial charge in [0.25, 0.3) is 0 Å². The third-order valence-electron chi connectivity index (χ3n) is 2.66. The Morgan fingerprint density at radius 3 is 2.76 bits per heavy atom. The van der Waals surface area contributed by atoms with E-state index in [1.165, 1.54) is 12.0 Å². The molecule has 0 radical (unpaired) electrons. The lowest BCUT2D eigenvalue weighted by Crippen LogP contribution is -2.40. The highest BCUT2D eigenvalue weighted by Crippen LogP contribution is 2.15. The quantitative estimate of drug-likeness (QED) is 0.788. The van der Waals surface area contributed by atoms with Crippen LogP contribution in [0.15, 0.2) is 24.3 Å². The van der Waals surface area contributed by atoms with Crippen molar-refractivity contribution in [3.63, 3.8) is 0 Å². The molecule has 2 amide bonds. The summed E-state index contributed by atoms with van der Waals surface area (Å²) >= 11 is 5.85. The van der Waals surface area contributed by atoms with E-state index in [0.29, 0.717) is 10.7 Å².